The van der Waals surface area contributed by atoms with Gasteiger partial charge in [0.05, 0.1) is 14.2 Å². The van der Waals surface area contributed by atoms with Gasteiger partial charge in [0.2, 0.25) is 5.95 Å². The fraction of sp³-hybridized carbons (Fsp3) is 0.562. The summed E-state index contributed by atoms with van der Waals surface area (Å²) in [5, 5.41) is 3.48. The Morgan fingerprint density at radius 2 is 1.85 bits per heavy atom. The first-order valence-corrected chi connectivity index (χ1v) is 8.44. The molecule has 1 atom stereocenters. The highest BCUT2D eigenvalue weighted by Gasteiger charge is 2.23. The Kier molecular flexibility index (Phi) is 5.49. The lowest BCUT2D eigenvalue weighted by Gasteiger charge is -2.33. The van der Waals surface area contributed by atoms with Crippen LogP contribution in [0.1, 0.15) is 12.8 Å². The van der Waals surface area contributed by atoms with E-state index < -0.39 is 0 Å². The Balaban J connectivity index is 1.72. The summed E-state index contributed by atoms with van der Waals surface area (Å²) in [4.78, 5) is 25.3. The lowest BCUT2D eigenvalue weighted by Crippen LogP contribution is -2.43. The average molecular weight is 360 g/mol. The molecular weight excluding hydrogens is 336 g/mol. The van der Waals surface area contributed by atoms with E-state index in [2.05, 4.69) is 35.1 Å². The molecule has 2 aromatic heterocycles. The molecule has 1 saturated heterocycles. The third kappa shape index (κ3) is 4.19. The Bertz CT molecular complexity index is 720. The van der Waals surface area contributed by atoms with Crippen molar-refractivity contribution in [3.8, 4) is 12.0 Å². The summed E-state index contributed by atoms with van der Waals surface area (Å²) < 4.78 is 10.3. The summed E-state index contributed by atoms with van der Waals surface area (Å²) in [7, 11) is 6.96. The molecule has 0 amide bonds. The molecule has 10 nitrogen and oxygen atoms in total. The topological polar surface area (TPSA) is 101 Å². The molecule has 3 heterocycles. The van der Waals surface area contributed by atoms with E-state index in [4.69, 9.17) is 9.47 Å². The van der Waals surface area contributed by atoms with Gasteiger partial charge in [-0.1, -0.05) is 0 Å². The van der Waals surface area contributed by atoms with Crippen molar-refractivity contribution in [1.82, 2.24) is 24.9 Å². The van der Waals surface area contributed by atoms with E-state index in [9.17, 15) is 0 Å². The van der Waals surface area contributed by atoms with Crippen molar-refractivity contribution in [2.24, 2.45) is 0 Å². The summed E-state index contributed by atoms with van der Waals surface area (Å²) in [5.41, 5.74) is 0. The number of piperidine rings is 1. The largest absolute Gasteiger partial charge is 0.467 e. The summed E-state index contributed by atoms with van der Waals surface area (Å²) in [6.45, 7) is 1.61. The van der Waals surface area contributed by atoms with Crippen molar-refractivity contribution >= 4 is 17.6 Å². The van der Waals surface area contributed by atoms with E-state index in [1.54, 1.807) is 6.33 Å². The third-order valence-electron chi connectivity index (χ3n) is 4.11. The van der Waals surface area contributed by atoms with E-state index in [0.717, 1.165) is 37.6 Å². The molecule has 1 fully saturated rings. The maximum Gasteiger partial charge on any atom is 0.324 e. The van der Waals surface area contributed by atoms with Gasteiger partial charge in [-0.25, -0.2) is 9.97 Å². The van der Waals surface area contributed by atoms with Crippen molar-refractivity contribution in [2.45, 2.75) is 18.9 Å². The highest BCUT2D eigenvalue weighted by molar-refractivity contribution is 5.48. The highest BCUT2D eigenvalue weighted by atomic mass is 16.5. The number of anilines is 3. The number of hydrogen-bond acceptors (Lipinski definition) is 10. The smallest absolute Gasteiger partial charge is 0.324 e. The number of nitrogens with one attached hydrogen (secondary N) is 1. The molecule has 2 aromatic rings. The average Bonchev–Trinajstić information content (AvgIpc) is 2.68. The minimum atomic E-state index is 0.224. The molecular formula is C16H24N8O2. The van der Waals surface area contributed by atoms with E-state index >= 15 is 0 Å². The third-order valence-corrected chi connectivity index (χ3v) is 4.11. The molecule has 10 heteroatoms. The zero-order valence-corrected chi connectivity index (χ0v) is 15.5. The first-order valence-electron chi connectivity index (χ1n) is 8.44. The maximum absolute atomic E-state index is 5.14. The van der Waals surface area contributed by atoms with Crippen LogP contribution >= 0.6 is 0 Å². The standard InChI is InChI=1S/C16H24N8O2/c1-23(2)13-8-12(17-10-18-13)19-11-6-5-7-24(9-11)14-20-15(25-3)22-16(21-14)26-4/h8,10-11H,5-7,9H2,1-4H3,(H,17,18,19). The summed E-state index contributed by atoms with van der Waals surface area (Å²) >= 11 is 0. The van der Waals surface area contributed by atoms with Crippen LogP contribution in [0.2, 0.25) is 0 Å². The van der Waals surface area contributed by atoms with E-state index in [0.29, 0.717) is 5.95 Å². The van der Waals surface area contributed by atoms with Crippen LogP contribution in [0, 0.1) is 0 Å². The van der Waals surface area contributed by atoms with Crippen molar-refractivity contribution in [2.75, 3.05) is 56.5 Å². The second-order valence-electron chi connectivity index (χ2n) is 6.19. The Labute approximate surface area is 152 Å². The van der Waals surface area contributed by atoms with Gasteiger partial charge in [-0.15, -0.1) is 4.98 Å². The van der Waals surface area contributed by atoms with Gasteiger partial charge in [-0.3, -0.25) is 0 Å². The van der Waals surface area contributed by atoms with Gasteiger partial charge >= 0.3 is 12.0 Å². The molecule has 1 aliphatic rings. The van der Waals surface area contributed by atoms with E-state index in [-0.39, 0.29) is 18.1 Å². The normalized spacial score (nSPS) is 16.9. The first-order chi connectivity index (χ1) is 12.6. The molecule has 0 spiro atoms. The fourth-order valence-corrected chi connectivity index (χ4v) is 2.81. The Morgan fingerprint density at radius 1 is 1.12 bits per heavy atom. The zero-order chi connectivity index (χ0) is 18.5. The van der Waals surface area contributed by atoms with E-state index in [1.807, 2.05) is 25.1 Å². The van der Waals surface area contributed by atoms with Crippen LogP contribution in [-0.2, 0) is 0 Å². The number of rotatable bonds is 6. The Hall–Kier alpha value is -2.91. The molecule has 3 rings (SSSR count). The van der Waals surface area contributed by atoms with Crippen LogP contribution in [0.15, 0.2) is 12.4 Å². The van der Waals surface area contributed by atoms with Gasteiger partial charge in [0, 0.05) is 39.3 Å². The summed E-state index contributed by atoms with van der Waals surface area (Å²) in [5.74, 6) is 2.22. The van der Waals surface area contributed by atoms with Crippen LogP contribution in [0.4, 0.5) is 17.6 Å². The molecule has 26 heavy (non-hydrogen) atoms. The predicted octanol–water partition coefficient (Wildman–Crippen LogP) is 0.826. The van der Waals surface area contributed by atoms with Crippen molar-refractivity contribution in [3.05, 3.63) is 12.4 Å². The second kappa shape index (κ2) is 7.98. The number of hydrogen-bond donors (Lipinski definition) is 1. The van der Waals surface area contributed by atoms with Crippen LogP contribution in [0.3, 0.4) is 0 Å². The van der Waals surface area contributed by atoms with Gasteiger partial charge in [-0.05, 0) is 12.8 Å². The van der Waals surface area contributed by atoms with Gasteiger partial charge in [-0.2, -0.15) is 9.97 Å². The Morgan fingerprint density at radius 3 is 2.50 bits per heavy atom. The number of ether oxygens (including phenoxy) is 2. The van der Waals surface area contributed by atoms with Gasteiger partial charge in [0.15, 0.2) is 0 Å². The molecule has 0 radical (unpaired) electrons. The number of aromatic nitrogens is 5. The molecule has 1 aliphatic heterocycles. The molecule has 0 bridgehead atoms. The van der Waals surface area contributed by atoms with Crippen molar-refractivity contribution in [3.63, 3.8) is 0 Å². The molecule has 140 valence electrons. The molecule has 0 aliphatic carbocycles. The molecule has 1 unspecified atom stereocenters. The lowest BCUT2D eigenvalue weighted by molar-refractivity contribution is 0.339. The molecule has 1 N–H and O–H groups in total. The minimum absolute atomic E-state index is 0.224. The SMILES string of the molecule is COc1nc(OC)nc(N2CCCC(Nc3cc(N(C)C)ncn3)C2)n1. The molecule has 0 saturated carbocycles. The van der Waals surface area contributed by atoms with Crippen LogP contribution in [0.5, 0.6) is 12.0 Å². The van der Waals surface area contributed by atoms with Gasteiger partial charge in [0.25, 0.3) is 0 Å². The number of nitrogens with zero attached hydrogens (tertiary/aromatic N) is 7. The van der Waals surface area contributed by atoms with Crippen molar-refractivity contribution < 1.29 is 9.47 Å². The summed E-state index contributed by atoms with van der Waals surface area (Å²) in [6.07, 6.45) is 3.62. The zero-order valence-electron chi connectivity index (χ0n) is 15.5. The molecule has 0 aromatic carbocycles. The lowest BCUT2D eigenvalue weighted by atomic mass is 10.1. The number of methoxy groups -OCH3 is 2. The maximum atomic E-state index is 5.14. The second-order valence-corrected chi connectivity index (χ2v) is 6.19. The minimum Gasteiger partial charge on any atom is -0.467 e. The fourth-order valence-electron chi connectivity index (χ4n) is 2.81. The van der Waals surface area contributed by atoms with Crippen LogP contribution in [-0.4, -0.2) is 72.4 Å². The van der Waals surface area contributed by atoms with Crippen LogP contribution < -0.4 is 24.6 Å². The van der Waals surface area contributed by atoms with E-state index in [1.165, 1.54) is 14.2 Å². The predicted molar refractivity (Wildman–Crippen MR) is 98.1 cm³/mol. The van der Waals surface area contributed by atoms with Gasteiger partial charge in [0.1, 0.15) is 18.0 Å². The first kappa shape index (κ1) is 17.9. The summed E-state index contributed by atoms with van der Waals surface area (Å²) in [6, 6.07) is 2.65. The highest BCUT2D eigenvalue weighted by Crippen LogP contribution is 2.22. The van der Waals surface area contributed by atoms with Gasteiger partial charge < -0.3 is 24.6 Å². The van der Waals surface area contributed by atoms with Crippen LogP contribution in [0.25, 0.3) is 0 Å². The monoisotopic (exact) mass is 360 g/mol. The van der Waals surface area contributed by atoms with Crippen molar-refractivity contribution in [1.29, 1.82) is 0 Å². The quantitative estimate of drug-likeness (QED) is 0.797.